The number of carbonyl (C=O) groups is 3. The van der Waals surface area contributed by atoms with Crippen molar-refractivity contribution in [3.63, 3.8) is 0 Å². The molecule has 0 bridgehead atoms. The molecule has 0 aromatic carbocycles. The Balaban J connectivity index is 2.07. The van der Waals surface area contributed by atoms with Gasteiger partial charge >= 0.3 is 0 Å². The maximum Gasteiger partial charge on any atom is 0.272 e. The van der Waals surface area contributed by atoms with Crippen LogP contribution in [-0.4, -0.2) is 75.2 Å². The summed E-state index contributed by atoms with van der Waals surface area (Å²) in [5.41, 5.74) is 0.107. The van der Waals surface area contributed by atoms with E-state index in [1.54, 1.807) is 32.9 Å². The highest BCUT2D eigenvalue weighted by Gasteiger charge is 2.29. The molecule has 170 valence electrons. The number of aliphatic hydroxyl groups excluding tert-OH is 1. The number of nitrogens with zero attached hydrogens (tertiary/aromatic N) is 2. The number of aliphatic hydroxyl groups is 1. The Bertz CT molecular complexity index is 776. The standard InChI is InChI=1S/C20H30N6O4S/c1-12(2)17(26-18(28)14-10-21-6-7-22-14)20(30)25-15-11-31-9-8-23-16(27)5-4-13(3)24-19(15)29/h4-7,10,12-13,15-17,23,27H,8-9,11H2,1-3H3,(H,24,29)(H,25,30)(H,26,28)/b5-4+/t13-,15-,16?,17-/m0/s1. The van der Waals surface area contributed by atoms with Crippen LogP contribution < -0.4 is 21.3 Å². The lowest BCUT2D eigenvalue weighted by molar-refractivity contribution is -0.130. The molecule has 4 atom stereocenters. The summed E-state index contributed by atoms with van der Waals surface area (Å²) in [5, 5.41) is 21.0. The van der Waals surface area contributed by atoms with Gasteiger partial charge in [-0.05, 0) is 18.9 Å². The van der Waals surface area contributed by atoms with Crippen LogP contribution in [0.25, 0.3) is 0 Å². The predicted octanol–water partition coefficient (Wildman–Crippen LogP) is -0.568. The van der Waals surface area contributed by atoms with Gasteiger partial charge in [-0.1, -0.05) is 19.9 Å². The van der Waals surface area contributed by atoms with E-state index >= 15 is 0 Å². The van der Waals surface area contributed by atoms with Gasteiger partial charge in [0.25, 0.3) is 5.91 Å². The molecule has 0 saturated heterocycles. The number of aromatic nitrogens is 2. The molecule has 3 amide bonds. The SMILES string of the molecule is CC(C)[C@H](NC(=O)c1cnccn1)C(=O)N[C@H]1CSCCNC(O)/C=C/[C@H](C)NC1=O. The van der Waals surface area contributed by atoms with E-state index in [0.29, 0.717) is 18.1 Å². The molecule has 2 rings (SSSR count). The number of thioether (sulfide) groups is 1. The lowest BCUT2D eigenvalue weighted by atomic mass is 10.0. The van der Waals surface area contributed by atoms with Crippen LogP contribution in [-0.2, 0) is 9.59 Å². The average molecular weight is 451 g/mol. The van der Waals surface area contributed by atoms with Crippen molar-refractivity contribution < 1.29 is 19.5 Å². The summed E-state index contributed by atoms with van der Waals surface area (Å²) in [7, 11) is 0. The van der Waals surface area contributed by atoms with Crippen molar-refractivity contribution in [2.75, 3.05) is 18.1 Å². The molecule has 1 aromatic rings. The summed E-state index contributed by atoms with van der Waals surface area (Å²) in [6.45, 7) is 5.94. The smallest absolute Gasteiger partial charge is 0.272 e. The number of rotatable bonds is 5. The van der Waals surface area contributed by atoms with E-state index < -0.39 is 30.1 Å². The zero-order chi connectivity index (χ0) is 22.8. The molecule has 0 spiro atoms. The first-order valence-electron chi connectivity index (χ1n) is 10.1. The van der Waals surface area contributed by atoms with Crippen LogP contribution in [0.15, 0.2) is 30.7 Å². The van der Waals surface area contributed by atoms with E-state index in [0.717, 1.165) is 0 Å². The second-order valence-corrected chi connectivity index (χ2v) is 8.65. The maximum absolute atomic E-state index is 13.0. The predicted molar refractivity (Wildman–Crippen MR) is 118 cm³/mol. The monoisotopic (exact) mass is 450 g/mol. The molecule has 0 saturated carbocycles. The van der Waals surface area contributed by atoms with Crippen LogP contribution in [0.4, 0.5) is 0 Å². The zero-order valence-corrected chi connectivity index (χ0v) is 18.7. The fraction of sp³-hybridized carbons (Fsp3) is 0.550. The first-order valence-corrected chi connectivity index (χ1v) is 11.3. The Hall–Kier alpha value is -2.50. The van der Waals surface area contributed by atoms with Crippen molar-refractivity contribution in [3.8, 4) is 0 Å². The van der Waals surface area contributed by atoms with Crippen LogP contribution in [0.5, 0.6) is 0 Å². The molecular formula is C20H30N6O4S. The first kappa shape index (κ1) is 24.8. The number of hydrogen-bond acceptors (Lipinski definition) is 8. The Kier molecular flexibility index (Phi) is 9.89. The molecule has 31 heavy (non-hydrogen) atoms. The van der Waals surface area contributed by atoms with Gasteiger partial charge in [-0.25, -0.2) is 4.98 Å². The van der Waals surface area contributed by atoms with Crippen molar-refractivity contribution in [3.05, 3.63) is 36.4 Å². The lowest BCUT2D eigenvalue weighted by Gasteiger charge is -2.26. The van der Waals surface area contributed by atoms with Crippen molar-refractivity contribution in [2.24, 2.45) is 5.92 Å². The molecule has 0 fully saturated rings. The van der Waals surface area contributed by atoms with Crippen molar-refractivity contribution in [2.45, 2.75) is 45.1 Å². The minimum Gasteiger partial charge on any atom is -0.375 e. The number of carbonyl (C=O) groups excluding carboxylic acids is 3. The number of hydrogen-bond donors (Lipinski definition) is 5. The van der Waals surface area contributed by atoms with E-state index in [1.807, 2.05) is 0 Å². The van der Waals surface area contributed by atoms with Gasteiger partial charge < -0.3 is 21.1 Å². The number of amides is 3. The molecule has 1 aromatic heterocycles. The zero-order valence-electron chi connectivity index (χ0n) is 17.9. The fourth-order valence-corrected chi connectivity index (χ4v) is 3.70. The third kappa shape index (κ3) is 8.27. The fourth-order valence-electron chi connectivity index (χ4n) is 2.80. The molecule has 5 N–H and O–H groups in total. The summed E-state index contributed by atoms with van der Waals surface area (Å²) in [6, 6.07) is -1.94. The van der Waals surface area contributed by atoms with Crippen molar-refractivity contribution in [1.29, 1.82) is 0 Å². The van der Waals surface area contributed by atoms with Gasteiger partial charge in [-0.3, -0.25) is 24.7 Å². The Labute approximate surface area is 186 Å². The Morgan fingerprint density at radius 2 is 2.06 bits per heavy atom. The van der Waals surface area contributed by atoms with E-state index in [-0.39, 0.29) is 23.6 Å². The van der Waals surface area contributed by atoms with Gasteiger partial charge in [0.05, 0.1) is 6.20 Å². The minimum atomic E-state index is -0.845. The second kappa shape index (κ2) is 12.4. The van der Waals surface area contributed by atoms with Crippen LogP contribution in [0.2, 0.25) is 0 Å². The summed E-state index contributed by atoms with van der Waals surface area (Å²) >= 11 is 1.48. The molecule has 10 nitrogen and oxygen atoms in total. The van der Waals surface area contributed by atoms with E-state index in [2.05, 4.69) is 31.2 Å². The van der Waals surface area contributed by atoms with Gasteiger partial charge in [0, 0.05) is 36.5 Å². The van der Waals surface area contributed by atoms with E-state index in [1.165, 1.54) is 30.4 Å². The highest BCUT2D eigenvalue weighted by molar-refractivity contribution is 7.99. The largest absolute Gasteiger partial charge is 0.375 e. The van der Waals surface area contributed by atoms with Gasteiger partial charge in [-0.15, -0.1) is 0 Å². The normalized spacial score (nSPS) is 24.8. The molecule has 1 unspecified atom stereocenters. The Morgan fingerprint density at radius 3 is 2.74 bits per heavy atom. The molecule has 1 aliphatic rings. The third-order valence-corrected chi connectivity index (χ3v) is 5.56. The van der Waals surface area contributed by atoms with Crippen LogP contribution in [0, 0.1) is 5.92 Å². The first-order chi connectivity index (χ1) is 14.8. The molecule has 0 radical (unpaired) electrons. The van der Waals surface area contributed by atoms with Gasteiger partial charge in [-0.2, -0.15) is 11.8 Å². The highest BCUT2D eigenvalue weighted by Crippen LogP contribution is 2.08. The van der Waals surface area contributed by atoms with E-state index in [4.69, 9.17) is 0 Å². The molecule has 11 heteroatoms. The van der Waals surface area contributed by atoms with E-state index in [9.17, 15) is 19.5 Å². The van der Waals surface area contributed by atoms with Gasteiger partial charge in [0.2, 0.25) is 11.8 Å². The topological polar surface area (TPSA) is 145 Å². The highest BCUT2D eigenvalue weighted by atomic mass is 32.2. The third-order valence-electron chi connectivity index (χ3n) is 4.50. The van der Waals surface area contributed by atoms with Crippen molar-refractivity contribution in [1.82, 2.24) is 31.2 Å². The average Bonchev–Trinajstić information content (AvgIpc) is 2.74. The van der Waals surface area contributed by atoms with Crippen LogP contribution in [0.3, 0.4) is 0 Å². The molecule has 0 aliphatic carbocycles. The van der Waals surface area contributed by atoms with Crippen molar-refractivity contribution >= 4 is 29.5 Å². The van der Waals surface area contributed by atoms with Crippen LogP contribution >= 0.6 is 11.8 Å². The summed E-state index contributed by atoms with van der Waals surface area (Å²) in [5.74, 6) is -0.496. The summed E-state index contributed by atoms with van der Waals surface area (Å²) in [6.07, 6.45) is 6.65. The number of nitrogens with one attached hydrogen (secondary N) is 4. The molecular weight excluding hydrogens is 420 g/mol. The van der Waals surface area contributed by atoms with Gasteiger partial charge in [0.15, 0.2) is 0 Å². The maximum atomic E-state index is 13.0. The lowest BCUT2D eigenvalue weighted by Crippen LogP contribution is -2.57. The molecule has 2 heterocycles. The van der Waals surface area contributed by atoms with Gasteiger partial charge in [0.1, 0.15) is 24.0 Å². The summed E-state index contributed by atoms with van der Waals surface area (Å²) < 4.78 is 0. The summed E-state index contributed by atoms with van der Waals surface area (Å²) in [4.78, 5) is 45.9. The van der Waals surface area contributed by atoms with Crippen LogP contribution in [0.1, 0.15) is 31.3 Å². The minimum absolute atomic E-state index is 0.107. The second-order valence-electron chi connectivity index (χ2n) is 7.50. The Morgan fingerprint density at radius 1 is 1.29 bits per heavy atom. The quantitative estimate of drug-likeness (QED) is 0.375. The molecule has 1 aliphatic heterocycles.